The number of hydrogen-bond donors (Lipinski definition) is 1. The first-order valence-corrected chi connectivity index (χ1v) is 13.0. The van der Waals surface area contributed by atoms with Gasteiger partial charge in [-0.15, -0.1) is 0 Å². The fourth-order valence-electron chi connectivity index (χ4n) is 5.12. The van der Waals surface area contributed by atoms with Crippen LogP contribution in [0, 0.1) is 11.7 Å². The third-order valence-corrected chi connectivity index (χ3v) is 7.33. The van der Waals surface area contributed by atoms with Crippen molar-refractivity contribution in [3.05, 3.63) is 65.6 Å². The molecule has 2 fully saturated rings. The molecule has 1 aliphatic heterocycles. The number of anilines is 1. The van der Waals surface area contributed by atoms with Crippen LogP contribution in [0.15, 0.2) is 48.7 Å². The van der Waals surface area contributed by atoms with Crippen LogP contribution in [0.4, 0.5) is 23.4 Å². The SMILES string of the molecule is O=C(/C=C/c1ccc(F)cc1)NC1CCC(CCN2CCCN(c3ccc(C(F)(F)F)cn3)CC2)CC1. The van der Waals surface area contributed by atoms with Crippen molar-refractivity contribution in [2.75, 3.05) is 37.6 Å². The smallest absolute Gasteiger partial charge is 0.355 e. The highest BCUT2D eigenvalue weighted by Crippen LogP contribution is 2.30. The van der Waals surface area contributed by atoms with Crippen LogP contribution in [0.2, 0.25) is 0 Å². The second kappa shape index (κ2) is 12.5. The molecule has 1 aromatic carbocycles. The average Bonchev–Trinajstić information content (AvgIpc) is 3.13. The highest BCUT2D eigenvalue weighted by Gasteiger charge is 2.31. The summed E-state index contributed by atoms with van der Waals surface area (Å²) in [5.74, 6) is 0.817. The van der Waals surface area contributed by atoms with Gasteiger partial charge in [0.15, 0.2) is 0 Å². The Bertz CT molecular complexity index is 1030. The summed E-state index contributed by atoms with van der Waals surface area (Å²) >= 11 is 0. The average molecular weight is 519 g/mol. The minimum absolute atomic E-state index is 0.121. The lowest BCUT2D eigenvalue weighted by Crippen LogP contribution is -2.37. The van der Waals surface area contributed by atoms with Gasteiger partial charge in [-0.1, -0.05) is 12.1 Å². The van der Waals surface area contributed by atoms with Crippen LogP contribution < -0.4 is 10.2 Å². The molecular weight excluding hydrogens is 484 g/mol. The van der Waals surface area contributed by atoms with Crippen LogP contribution in [0.1, 0.15) is 49.7 Å². The summed E-state index contributed by atoms with van der Waals surface area (Å²) in [6.45, 7) is 4.39. The second-order valence-electron chi connectivity index (χ2n) is 9.98. The van der Waals surface area contributed by atoms with Gasteiger partial charge in [0, 0.05) is 37.9 Å². The van der Waals surface area contributed by atoms with Crippen LogP contribution in [-0.4, -0.2) is 54.6 Å². The first-order chi connectivity index (χ1) is 17.8. The fourth-order valence-corrected chi connectivity index (χ4v) is 5.12. The van der Waals surface area contributed by atoms with Gasteiger partial charge in [0.1, 0.15) is 11.6 Å². The van der Waals surface area contributed by atoms with Gasteiger partial charge in [0.2, 0.25) is 5.91 Å². The molecule has 0 unspecified atom stereocenters. The van der Waals surface area contributed by atoms with E-state index in [4.69, 9.17) is 0 Å². The molecule has 5 nitrogen and oxygen atoms in total. The number of pyridine rings is 1. The lowest BCUT2D eigenvalue weighted by atomic mass is 9.84. The Morgan fingerprint density at radius 3 is 2.43 bits per heavy atom. The van der Waals surface area contributed by atoms with Crippen LogP contribution in [0.3, 0.4) is 0 Å². The summed E-state index contributed by atoms with van der Waals surface area (Å²) in [7, 11) is 0. The first-order valence-electron chi connectivity index (χ1n) is 13.0. The summed E-state index contributed by atoms with van der Waals surface area (Å²) < 4.78 is 51.4. The van der Waals surface area contributed by atoms with Crippen molar-refractivity contribution >= 4 is 17.8 Å². The van der Waals surface area contributed by atoms with Crippen molar-refractivity contribution < 1.29 is 22.4 Å². The Morgan fingerprint density at radius 2 is 1.76 bits per heavy atom. The van der Waals surface area contributed by atoms with E-state index >= 15 is 0 Å². The van der Waals surface area contributed by atoms with E-state index in [2.05, 4.69) is 20.1 Å². The number of aromatic nitrogens is 1. The molecule has 1 aromatic heterocycles. The molecule has 0 radical (unpaired) electrons. The Morgan fingerprint density at radius 1 is 1.00 bits per heavy atom. The molecule has 0 spiro atoms. The maximum absolute atomic E-state index is 13.0. The molecule has 1 saturated carbocycles. The Kier molecular flexibility index (Phi) is 9.18. The van der Waals surface area contributed by atoms with Crippen LogP contribution in [0.25, 0.3) is 6.08 Å². The van der Waals surface area contributed by atoms with Gasteiger partial charge in [-0.05, 0) is 93.4 Å². The summed E-state index contributed by atoms with van der Waals surface area (Å²) in [5.41, 5.74) is 0.0657. The number of carbonyl (C=O) groups is 1. The quantitative estimate of drug-likeness (QED) is 0.387. The molecule has 2 heterocycles. The predicted octanol–water partition coefficient (Wildman–Crippen LogP) is 5.53. The van der Waals surface area contributed by atoms with Gasteiger partial charge in [0.05, 0.1) is 5.56 Å². The molecule has 9 heteroatoms. The van der Waals surface area contributed by atoms with Gasteiger partial charge < -0.3 is 15.1 Å². The number of amides is 1. The lowest BCUT2D eigenvalue weighted by Gasteiger charge is -2.30. The molecule has 200 valence electrons. The van der Waals surface area contributed by atoms with Gasteiger partial charge in [0.25, 0.3) is 0 Å². The molecule has 37 heavy (non-hydrogen) atoms. The molecule has 1 aliphatic carbocycles. The normalized spacial score (nSPS) is 21.7. The second-order valence-corrected chi connectivity index (χ2v) is 9.98. The molecule has 1 amide bonds. The van der Waals surface area contributed by atoms with Crippen LogP contribution in [-0.2, 0) is 11.0 Å². The van der Waals surface area contributed by atoms with Crippen molar-refractivity contribution in [3.63, 3.8) is 0 Å². The molecule has 0 atom stereocenters. The lowest BCUT2D eigenvalue weighted by molar-refractivity contribution is -0.137. The molecular formula is C28H34F4N4O. The standard InChI is InChI=1S/C28H34F4N4O/c29-24-8-2-21(3-9-24)6-13-27(37)34-25-10-4-22(5-11-25)14-17-35-15-1-16-36(19-18-35)26-12-7-23(20-33-26)28(30,31)32/h2-3,6-9,12-13,20,22,25H,1,4-5,10-11,14-19H2,(H,34,37)/b13-6+. The van der Waals surface area contributed by atoms with Gasteiger partial charge in [-0.25, -0.2) is 9.37 Å². The third kappa shape index (κ3) is 8.28. The number of nitrogens with zero attached hydrogens (tertiary/aromatic N) is 3. The van der Waals surface area contributed by atoms with Crippen molar-refractivity contribution in [2.24, 2.45) is 5.92 Å². The predicted molar refractivity (Wildman–Crippen MR) is 136 cm³/mol. The number of benzene rings is 1. The number of carbonyl (C=O) groups excluding carboxylic acids is 1. The monoisotopic (exact) mass is 518 g/mol. The van der Waals surface area contributed by atoms with Gasteiger partial charge in [-0.3, -0.25) is 4.79 Å². The summed E-state index contributed by atoms with van der Waals surface area (Å²) in [4.78, 5) is 20.8. The number of alkyl halides is 3. The molecule has 1 N–H and O–H groups in total. The molecule has 2 aromatic rings. The van der Waals surface area contributed by atoms with Crippen LogP contribution in [0.5, 0.6) is 0 Å². The van der Waals surface area contributed by atoms with Crippen molar-refractivity contribution in [1.82, 2.24) is 15.2 Å². The minimum Gasteiger partial charge on any atom is -0.355 e. The Labute approximate surface area is 215 Å². The van der Waals surface area contributed by atoms with Crippen LogP contribution >= 0.6 is 0 Å². The number of hydrogen-bond acceptors (Lipinski definition) is 4. The van der Waals surface area contributed by atoms with E-state index in [1.165, 1.54) is 24.3 Å². The molecule has 1 saturated heterocycles. The van der Waals surface area contributed by atoms with E-state index in [0.717, 1.165) is 89.1 Å². The number of rotatable bonds is 7. The maximum atomic E-state index is 13.0. The minimum atomic E-state index is -4.37. The fraction of sp³-hybridized carbons (Fsp3) is 0.500. The van der Waals surface area contributed by atoms with E-state index in [-0.39, 0.29) is 17.8 Å². The molecule has 2 aliphatic rings. The zero-order valence-electron chi connectivity index (χ0n) is 20.9. The van der Waals surface area contributed by atoms with Gasteiger partial charge >= 0.3 is 6.18 Å². The highest BCUT2D eigenvalue weighted by molar-refractivity contribution is 5.91. The topological polar surface area (TPSA) is 48.5 Å². The molecule has 0 bridgehead atoms. The number of nitrogens with one attached hydrogen (secondary N) is 1. The van der Waals surface area contributed by atoms with E-state index in [9.17, 15) is 22.4 Å². The van der Waals surface area contributed by atoms with E-state index in [1.807, 2.05) is 0 Å². The number of halogens is 4. The Balaban J connectivity index is 1.14. The van der Waals surface area contributed by atoms with E-state index in [0.29, 0.717) is 11.7 Å². The molecule has 4 rings (SSSR count). The van der Waals surface area contributed by atoms with Gasteiger partial charge in [-0.2, -0.15) is 13.2 Å². The summed E-state index contributed by atoms with van der Waals surface area (Å²) in [6, 6.07) is 8.77. The zero-order chi connectivity index (χ0) is 26.3. The highest BCUT2D eigenvalue weighted by atomic mass is 19.4. The zero-order valence-corrected chi connectivity index (χ0v) is 20.9. The summed E-state index contributed by atoms with van der Waals surface area (Å²) in [6.07, 6.45) is 5.91. The maximum Gasteiger partial charge on any atom is 0.417 e. The van der Waals surface area contributed by atoms with Crippen molar-refractivity contribution in [2.45, 2.75) is 50.7 Å². The van der Waals surface area contributed by atoms with E-state index < -0.39 is 11.7 Å². The third-order valence-electron chi connectivity index (χ3n) is 7.33. The summed E-state index contributed by atoms with van der Waals surface area (Å²) in [5, 5.41) is 3.08. The van der Waals surface area contributed by atoms with E-state index in [1.54, 1.807) is 18.2 Å². The largest absolute Gasteiger partial charge is 0.417 e. The first kappa shape index (κ1) is 27.1. The Hall–Kier alpha value is -2.94. The van der Waals surface area contributed by atoms with Crippen molar-refractivity contribution in [3.8, 4) is 0 Å². The van der Waals surface area contributed by atoms with Crippen molar-refractivity contribution in [1.29, 1.82) is 0 Å².